The van der Waals surface area contributed by atoms with E-state index in [1.807, 2.05) is 6.92 Å². The zero-order chi connectivity index (χ0) is 9.82. The Labute approximate surface area is 76.9 Å². The van der Waals surface area contributed by atoms with Crippen molar-refractivity contribution in [2.24, 2.45) is 5.92 Å². The second-order valence-electron chi connectivity index (χ2n) is 3.14. The fraction of sp³-hybridized carbons (Fsp3) is 1.00. The molecule has 0 spiro atoms. The second-order valence-corrected chi connectivity index (χ2v) is 3.14. The lowest BCUT2D eigenvalue weighted by Gasteiger charge is -1.94. The van der Waals surface area contributed by atoms with E-state index in [0.29, 0.717) is 6.61 Å². The standard InChI is InChI=1S/C5H12O2.C5H12/c1-2-4-7-5-3-6;1-4-5(2)3/h6H,2-5H2,1H3;5H,4H2,1-3H3. The molecule has 1 N–H and O–H groups in total. The van der Waals surface area contributed by atoms with Gasteiger partial charge in [0.15, 0.2) is 0 Å². The number of hydrogen-bond donors (Lipinski definition) is 1. The van der Waals surface area contributed by atoms with Crippen LogP contribution in [0.4, 0.5) is 0 Å². The zero-order valence-corrected chi connectivity index (χ0v) is 8.97. The van der Waals surface area contributed by atoms with Crippen molar-refractivity contribution < 1.29 is 9.84 Å². The highest BCUT2D eigenvalue weighted by molar-refractivity contribution is 4.32. The Morgan fingerprint density at radius 1 is 1.17 bits per heavy atom. The van der Waals surface area contributed by atoms with Gasteiger partial charge in [0, 0.05) is 6.61 Å². The summed E-state index contributed by atoms with van der Waals surface area (Å²) in [5.41, 5.74) is 0. The lowest BCUT2D eigenvalue weighted by atomic mass is 10.2. The molecule has 0 aromatic heterocycles. The number of rotatable bonds is 5. The Morgan fingerprint density at radius 2 is 1.67 bits per heavy atom. The van der Waals surface area contributed by atoms with Crippen molar-refractivity contribution in [3.05, 3.63) is 0 Å². The number of aliphatic hydroxyl groups excluding tert-OH is 1. The van der Waals surface area contributed by atoms with Crippen molar-refractivity contribution in [2.45, 2.75) is 40.5 Å². The smallest absolute Gasteiger partial charge is 0.0697 e. The molecule has 0 rings (SSSR count). The van der Waals surface area contributed by atoms with Crippen molar-refractivity contribution in [1.82, 2.24) is 0 Å². The molecule has 2 heteroatoms. The van der Waals surface area contributed by atoms with Crippen LogP contribution in [0.1, 0.15) is 40.5 Å². The fourth-order valence-electron chi connectivity index (χ4n) is 0.311. The topological polar surface area (TPSA) is 29.5 Å². The summed E-state index contributed by atoms with van der Waals surface area (Å²) >= 11 is 0. The summed E-state index contributed by atoms with van der Waals surface area (Å²) in [4.78, 5) is 0. The fourth-order valence-corrected chi connectivity index (χ4v) is 0.311. The lowest BCUT2D eigenvalue weighted by Crippen LogP contribution is -1.98. The third-order valence-electron chi connectivity index (χ3n) is 1.40. The van der Waals surface area contributed by atoms with Crippen LogP contribution >= 0.6 is 0 Å². The van der Waals surface area contributed by atoms with Gasteiger partial charge in [-0.2, -0.15) is 0 Å². The summed E-state index contributed by atoms with van der Waals surface area (Å²) in [5.74, 6) is 0.884. The van der Waals surface area contributed by atoms with Crippen LogP contribution in [-0.4, -0.2) is 24.9 Å². The Bertz CT molecular complexity index is 58.9. The monoisotopic (exact) mass is 176 g/mol. The van der Waals surface area contributed by atoms with Gasteiger partial charge in [0.05, 0.1) is 13.2 Å². The van der Waals surface area contributed by atoms with Crippen LogP contribution in [-0.2, 0) is 4.74 Å². The highest BCUT2D eigenvalue weighted by atomic mass is 16.5. The Balaban J connectivity index is 0. The molecule has 0 saturated heterocycles. The molecule has 0 amide bonds. The SMILES string of the molecule is CCC(C)C.CCCOCCO. The number of aliphatic hydroxyl groups is 1. The zero-order valence-electron chi connectivity index (χ0n) is 8.97. The van der Waals surface area contributed by atoms with Crippen molar-refractivity contribution >= 4 is 0 Å². The van der Waals surface area contributed by atoms with Gasteiger partial charge in [-0.25, -0.2) is 0 Å². The minimum atomic E-state index is 0.139. The molecule has 0 heterocycles. The van der Waals surface area contributed by atoms with Gasteiger partial charge >= 0.3 is 0 Å². The summed E-state index contributed by atoms with van der Waals surface area (Å²) in [6, 6.07) is 0. The van der Waals surface area contributed by atoms with Crippen molar-refractivity contribution in [1.29, 1.82) is 0 Å². The van der Waals surface area contributed by atoms with E-state index in [1.165, 1.54) is 6.42 Å². The molecule has 2 nitrogen and oxygen atoms in total. The van der Waals surface area contributed by atoms with Crippen LogP contribution in [0.2, 0.25) is 0 Å². The molecule has 12 heavy (non-hydrogen) atoms. The lowest BCUT2D eigenvalue weighted by molar-refractivity contribution is 0.0928. The predicted molar refractivity (Wildman–Crippen MR) is 53.3 cm³/mol. The molecule has 0 atom stereocenters. The van der Waals surface area contributed by atoms with Gasteiger partial charge in [-0.05, 0) is 12.3 Å². The molecular weight excluding hydrogens is 152 g/mol. The second kappa shape index (κ2) is 13.5. The van der Waals surface area contributed by atoms with Crippen molar-refractivity contribution in [3.8, 4) is 0 Å². The Hall–Kier alpha value is -0.0800. The van der Waals surface area contributed by atoms with E-state index < -0.39 is 0 Å². The molecule has 0 radical (unpaired) electrons. The summed E-state index contributed by atoms with van der Waals surface area (Å²) in [6.45, 7) is 10.1. The molecule has 0 saturated carbocycles. The molecule has 0 aliphatic rings. The molecule has 0 fully saturated rings. The number of ether oxygens (including phenoxy) is 1. The van der Waals surface area contributed by atoms with Gasteiger partial charge < -0.3 is 9.84 Å². The van der Waals surface area contributed by atoms with Gasteiger partial charge in [0.1, 0.15) is 0 Å². The first kappa shape index (κ1) is 14.4. The van der Waals surface area contributed by atoms with Crippen LogP contribution in [0.25, 0.3) is 0 Å². The average Bonchev–Trinajstić information content (AvgIpc) is 2.07. The van der Waals surface area contributed by atoms with Gasteiger partial charge in [-0.15, -0.1) is 0 Å². The maximum atomic E-state index is 8.17. The van der Waals surface area contributed by atoms with Crippen LogP contribution in [0, 0.1) is 5.92 Å². The van der Waals surface area contributed by atoms with Gasteiger partial charge in [0.2, 0.25) is 0 Å². The van der Waals surface area contributed by atoms with E-state index in [9.17, 15) is 0 Å². The average molecular weight is 176 g/mol. The highest BCUT2D eigenvalue weighted by Gasteiger charge is 1.80. The molecule has 0 aliphatic carbocycles. The van der Waals surface area contributed by atoms with Crippen LogP contribution in [0.5, 0.6) is 0 Å². The largest absolute Gasteiger partial charge is 0.394 e. The molecule has 0 aromatic carbocycles. The first-order valence-electron chi connectivity index (χ1n) is 4.87. The summed E-state index contributed by atoms with van der Waals surface area (Å²) < 4.78 is 4.88. The first-order valence-corrected chi connectivity index (χ1v) is 4.87. The van der Waals surface area contributed by atoms with E-state index in [2.05, 4.69) is 20.8 Å². The predicted octanol–water partition coefficient (Wildman–Crippen LogP) is 2.46. The maximum Gasteiger partial charge on any atom is 0.0697 e. The van der Waals surface area contributed by atoms with E-state index in [1.54, 1.807) is 0 Å². The van der Waals surface area contributed by atoms with E-state index in [0.717, 1.165) is 18.9 Å². The third kappa shape index (κ3) is 22.5. The minimum Gasteiger partial charge on any atom is -0.394 e. The van der Waals surface area contributed by atoms with Crippen LogP contribution in [0.3, 0.4) is 0 Å². The third-order valence-corrected chi connectivity index (χ3v) is 1.40. The molecule has 76 valence electrons. The van der Waals surface area contributed by atoms with Crippen LogP contribution < -0.4 is 0 Å². The normalized spacial score (nSPS) is 9.50. The Kier molecular flexibility index (Phi) is 16.3. The minimum absolute atomic E-state index is 0.139. The molecule has 0 bridgehead atoms. The molecule has 0 aliphatic heterocycles. The maximum absolute atomic E-state index is 8.17. The van der Waals surface area contributed by atoms with E-state index in [-0.39, 0.29) is 6.61 Å². The summed E-state index contributed by atoms with van der Waals surface area (Å²) in [5, 5.41) is 8.17. The summed E-state index contributed by atoms with van der Waals surface area (Å²) in [7, 11) is 0. The highest BCUT2D eigenvalue weighted by Crippen LogP contribution is 1.93. The number of hydrogen-bond acceptors (Lipinski definition) is 2. The van der Waals surface area contributed by atoms with Gasteiger partial charge in [0.25, 0.3) is 0 Å². The van der Waals surface area contributed by atoms with E-state index >= 15 is 0 Å². The quantitative estimate of drug-likeness (QED) is 0.652. The van der Waals surface area contributed by atoms with Crippen molar-refractivity contribution in [3.63, 3.8) is 0 Å². The Morgan fingerprint density at radius 3 is 1.92 bits per heavy atom. The molecule has 0 aromatic rings. The summed E-state index contributed by atoms with van der Waals surface area (Å²) in [6.07, 6.45) is 2.33. The van der Waals surface area contributed by atoms with Gasteiger partial charge in [-0.3, -0.25) is 0 Å². The van der Waals surface area contributed by atoms with Gasteiger partial charge in [-0.1, -0.05) is 34.1 Å². The van der Waals surface area contributed by atoms with Crippen LogP contribution in [0.15, 0.2) is 0 Å². The van der Waals surface area contributed by atoms with Crippen molar-refractivity contribution in [2.75, 3.05) is 19.8 Å². The van der Waals surface area contributed by atoms with E-state index in [4.69, 9.17) is 9.84 Å². The molecular formula is C10H24O2. The first-order chi connectivity index (χ1) is 5.68. The molecule has 0 unspecified atom stereocenters.